The van der Waals surface area contributed by atoms with Crippen LogP contribution in [0.2, 0.25) is 0 Å². The highest BCUT2D eigenvalue weighted by atomic mass is 16.5. The van der Waals surface area contributed by atoms with E-state index in [1.54, 1.807) is 12.2 Å². The van der Waals surface area contributed by atoms with E-state index in [9.17, 15) is 10.1 Å². The Labute approximate surface area is 137 Å². The van der Waals surface area contributed by atoms with E-state index in [1.165, 1.54) is 0 Å². The van der Waals surface area contributed by atoms with Crippen molar-refractivity contribution in [2.45, 2.75) is 39.3 Å². The first kappa shape index (κ1) is 17.0. The van der Waals surface area contributed by atoms with Crippen LogP contribution in [-0.2, 0) is 16.1 Å². The molecule has 0 spiro atoms. The molecule has 2 rings (SSSR count). The van der Waals surface area contributed by atoms with Gasteiger partial charge in [0.15, 0.2) is 0 Å². The van der Waals surface area contributed by atoms with Crippen LogP contribution in [0.4, 0.5) is 0 Å². The van der Waals surface area contributed by atoms with Crippen LogP contribution in [0, 0.1) is 25.2 Å². The Morgan fingerprint density at radius 1 is 1.61 bits per heavy atom. The van der Waals surface area contributed by atoms with Crippen molar-refractivity contribution in [1.29, 1.82) is 5.26 Å². The van der Waals surface area contributed by atoms with E-state index in [4.69, 9.17) is 4.74 Å². The van der Waals surface area contributed by atoms with Crippen LogP contribution in [0.15, 0.2) is 24.3 Å². The summed E-state index contributed by atoms with van der Waals surface area (Å²) < 4.78 is 7.89. The summed E-state index contributed by atoms with van der Waals surface area (Å²) in [4.78, 5) is 11.9. The first-order valence-corrected chi connectivity index (χ1v) is 7.86. The van der Waals surface area contributed by atoms with Gasteiger partial charge in [-0.1, -0.05) is 6.08 Å². The molecule has 1 aromatic rings. The van der Waals surface area contributed by atoms with Crippen molar-refractivity contribution in [2.24, 2.45) is 0 Å². The lowest BCUT2D eigenvalue weighted by molar-refractivity contribution is -0.116. The summed E-state index contributed by atoms with van der Waals surface area (Å²) in [7, 11) is 0. The number of nitriles is 1. The molecule has 1 saturated heterocycles. The number of carbonyl (C=O) groups excluding carboxylic acids is 1. The second kappa shape index (κ2) is 7.80. The summed E-state index contributed by atoms with van der Waals surface area (Å²) in [5.74, 6) is -0.378. The predicted molar refractivity (Wildman–Crippen MR) is 89.7 cm³/mol. The molecule has 1 amide bonds. The van der Waals surface area contributed by atoms with Crippen LogP contribution < -0.4 is 5.32 Å². The summed E-state index contributed by atoms with van der Waals surface area (Å²) in [5.41, 5.74) is 3.14. The summed E-state index contributed by atoms with van der Waals surface area (Å²) in [5, 5.41) is 11.9. The zero-order valence-electron chi connectivity index (χ0n) is 13.8. The quantitative estimate of drug-likeness (QED) is 0.498. The molecule has 1 aliphatic rings. The van der Waals surface area contributed by atoms with E-state index in [0.717, 1.165) is 42.9 Å². The lowest BCUT2D eigenvalue weighted by atomic mass is 10.1. The summed E-state index contributed by atoms with van der Waals surface area (Å²) in [6.07, 6.45) is 5.67. The molecule has 0 bridgehead atoms. The normalized spacial score (nSPS) is 17.8. The fourth-order valence-electron chi connectivity index (χ4n) is 2.81. The first-order valence-electron chi connectivity index (χ1n) is 7.86. The Balaban J connectivity index is 2.22. The Hall–Kier alpha value is -2.32. The number of hydrogen-bond donors (Lipinski definition) is 1. The highest BCUT2D eigenvalue weighted by molar-refractivity contribution is 6.01. The van der Waals surface area contributed by atoms with E-state index in [0.29, 0.717) is 6.54 Å². The minimum Gasteiger partial charge on any atom is -0.376 e. The topological polar surface area (TPSA) is 67.0 Å². The molecule has 0 radical (unpaired) electrons. The van der Waals surface area contributed by atoms with Gasteiger partial charge in [0.25, 0.3) is 5.91 Å². The van der Waals surface area contributed by atoms with Crippen molar-refractivity contribution in [3.63, 3.8) is 0 Å². The monoisotopic (exact) mass is 313 g/mol. The molecule has 122 valence electrons. The minimum atomic E-state index is -0.378. The molecule has 23 heavy (non-hydrogen) atoms. The van der Waals surface area contributed by atoms with Crippen LogP contribution >= 0.6 is 0 Å². The third kappa shape index (κ3) is 4.11. The van der Waals surface area contributed by atoms with Crippen molar-refractivity contribution in [2.75, 3.05) is 13.2 Å². The van der Waals surface area contributed by atoms with E-state index in [1.807, 2.05) is 26.0 Å². The Kier molecular flexibility index (Phi) is 5.78. The van der Waals surface area contributed by atoms with Crippen molar-refractivity contribution >= 4 is 12.0 Å². The number of hydrogen-bond acceptors (Lipinski definition) is 3. The van der Waals surface area contributed by atoms with Crippen molar-refractivity contribution in [1.82, 2.24) is 9.88 Å². The van der Waals surface area contributed by atoms with Crippen LogP contribution in [0.5, 0.6) is 0 Å². The predicted octanol–water partition coefficient (Wildman–Crippen LogP) is 2.49. The average Bonchev–Trinajstić information content (AvgIpc) is 3.14. The smallest absolute Gasteiger partial charge is 0.262 e. The number of aromatic nitrogens is 1. The lowest BCUT2D eigenvalue weighted by Crippen LogP contribution is -2.24. The SMILES string of the molecule is C=CCNC(=O)/C(C#N)=C/c1cc(C)n(CC2CCCO2)c1C. The number of aryl methyl sites for hydroxylation is 1. The van der Waals surface area contributed by atoms with E-state index >= 15 is 0 Å². The molecule has 1 fully saturated rings. The molecular formula is C18H23N3O2. The van der Waals surface area contributed by atoms with Gasteiger partial charge in [-0.05, 0) is 44.4 Å². The molecule has 1 aromatic heterocycles. The van der Waals surface area contributed by atoms with Gasteiger partial charge < -0.3 is 14.6 Å². The molecule has 5 nitrogen and oxygen atoms in total. The van der Waals surface area contributed by atoms with E-state index in [2.05, 4.69) is 16.5 Å². The molecule has 0 aliphatic carbocycles. The molecule has 2 heterocycles. The fraction of sp³-hybridized carbons (Fsp3) is 0.444. The summed E-state index contributed by atoms with van der Waals surface area (Å²) in [6.45, 7) is 9.57. The first-order chi connectivity index (χ1) is 11.1. The van der Waals surface area contributed by atoms with Crippen molar-refractivity contribution in [3.8, 4) is 6.07 Å². The maximum Gasteiger partial charge on any atom is 0.262 e. The zero-order chi connectivity index (χ0) is 16.8. The molecule has 1 unspecified atom stereocenters. The number of rotatable bonds is 6. The molecule has 5 heteroatoms. The van der Waals surface area contributed by atoms with Gasteiger partial charge in [-0.2, -0.15) is 5.26 Å². The molecule has 1 atom stereocenters. The van der Waals surface area contributed by atoms with E-state index in [-0.39, 0.29) is 17.6 Å². The minimum absolute atomic E-state index is 0.101. The third-order valence-electron chi connectivity index (χ3n) is 4.09. The van der Waals surface area contributed by atoms with Crippen LogP contribution in [0.3, 0.4) is 0 Å². The van der Waals surface area contributed by atoms with E-state index < -0.39 is 0 Å². The van der Waals surface area contributed by atoms with Crippen molar-refractivity contribution in [3.05, 3.63) is 41.2 Å². The standard InChI is InChI=1S/C18H23N3O2/c1-4-7-20-18(22)16(11-19)10-15-9-13(2)21(14(15)3)12-17-6-5-8-23-17/h4,9-10,17H,1,5-8,12H2,2-3H3,(H,20,22)/b16-10+. The van der Waals surface area contributed by atoms with Gasteiger partial charge in [-0.3, -0.25) is 4.79 Å². The summed E-state index contributed by atoms with van der Waals surface area (Å²) >= 11 is 0. The van der Waals surface area contributed by atoms with Gasteiger partial charge >= 0.3 is 0 Å². The number of amides is 1. The zero-order valence-corrected chi connectivity index (χ0v) is 13.8. The van der Waals surface area contributed by atoms with Gasteiger partial charge in [-0.15, -0.1) is 6.58 Å². The van der Waals surface area contributed by atoms with Crippen LogP contribution in [-0.4, -0.2) is 29.7 Å². The second-order valence-corrected chi connectivity index (χ2v) is 5.74. The number of ether oxygens (including phenoxy) is 1. The highest BCUT2D eigenvalue weighted by Gasteiger charge is 2.19. The molecular weight excluding hydrogens is 290 g/mol. The maximum atomic E-state index is 11.9. The molecule has 1 N–H and O–H groups in total. The van der Waals surface area contributed by atoms with Crippen LogP contribution in [0.1, 0.15) is 29.8 Å². The molecule has 0 saturated carbocycles. The van der Waals surface area contributed by atoms with Crippen LogP contribution in [0.25, 0.3) is 6.08 Å². The van der Waals surface area contributed by atoms with Gasteiger partial charge in [0.1, 0.15) is 11.6 Å². The Morgan fingerprint density at radius 3 is 3.00 bits per heavy atom. The van der Waals surface area contributed by atoms with Gasteiger partial charge in [0, 0.05) is 31.1 Å². The average molecular weight is 313 g/mol. The second-order valence-electron chi connectivity index (χ2n) is 5.74. The highest BCUT2D eigenvalue weighted by Crippen LogP contribution is 2.22. The van der Waals surface area contributed by atoms with Gasteiger partial charge in [0.05, 0.1) is 6.10 Å². The maximum absolute atomic E-state index is 11.9. The Morgan fingerprint density at radius 2 is 2.39 bits per heavy atom. The van der Waals surface area contributed by atoms with Gasteiger partial charge in [0.2, 0.25) is 0 Å². The van der Waals surface area contributed by atoms with Gasteiger partial charge in [-0.25, -0.2) is 0 Å². The largest absolute Gasteiger partial charge is 0.376 e. The fourth-order valence-corrected chi connectivity index (χ4v) is 2.81. The number of nitrogens with zero attached hydrogens (tertiary/aromatic N) is 2. The molecule has 0 aromatic carbocycles. The number of carbonyl (C=O) groups is 1. The molecule has 1 aliphatic heterocycles. The Bertz CT molecular complexity index is 659. The summed E-state index contributed by atoms with van der Waals surface area (Å²) in [6, 6.07) is 3.97. The van der Waals surface area contributed by atoms with Crippen molar-refractivity contribution < 1.29 is 9.53 Å². The lowest BCUT2D eigenvalue weighted by Gasteiger charge is -2.14. The number of nitrogens with one attached hydrogen (secondary N) is 1. The third-order valence-corrected chi connectivity index (χ3v) is 4.09.